The Morgan fingerprint density at radius 1 is 1.15 bits per heavy atom. The second-order valence-corrected chi connectivity index (χ2v) is 4.97. The molecule has 0 bridgehead atoms. The molecule has 0 aliphatic rings. The van der Waals surface area contributed by atoms with Crippen LogP contribution >= 0.6 is 0 Å². The SMILES string of the molecule is CCCCCc1cc(OC)c(/C=C/C(C)O)c(OC)c1. The predicted octanol–water partition coefficient (Wildman–Crippen LogP) is 3.83. The van der Waals surface area contributed by atoms with E-state index in [0.717, 1.165) is 23.5 Å². The molecular weight excluding hydrogens is 252 g/mol. The molecule has 0 aromatic heterocycles. The normalized spacial score (nSPS) is 12.7. The molecule has 1 aromatic rings. The van der Waals surface area contributed by atoms with Crippen LogP contribution < -0.4 is 9.47 Å². The summed E-state index contributed by atoms with van der Waals surface area (Å²) in [6, 6.07) is 4.11. The highest BCUT2D eigenvalue weighted by Gasteiger charge is 2.10. The number of unbranched alkanes of at least 4 members (excludes halogenated alkanes) is 2. The number of aliphatic hydroxyl groups is 1. The van der Waals surface area contributed by atoms with Crippen LogP contribution in [0.2, 0.25) is 0 Å². The van der Waals surface area contributed by atoms with Gasteiger partial charge in [0.1, 0.15) is 11.5 Å². The molecular formula is C17H26O3. The zero-order valence-electron chi connectivity index (χ0n) is 13.0. The van der Waals surface area contributed by atoms with Gasteiger partial charge in [-0.05, 0) is 43.5 Å². The number of benzene rings is 1. The Hall–Kier alpha value is -1.48. The molecule has 0 saturated heterocycles. The summed E-state index contributed by atoms with van der Waals surface area (Å²) in [5.74, 6) is 1.57. The van der Waals surface area contributed by atoms with Gasteiger partial charge in [-0.1, -0.05) is 25.8 Å². The Balaban J connectivity index is 3.04. The maximum absolute atomic E-state index is 9.37. The van der Waals surface area contributed by atoms with E-state index in [1.165, 1.54) is 24.8 Å². The second kappa shape index (κ2) is 8.64. The van der Waals surface area contributed by atoms with Crippen LogP contribution in [0.25, 0.3) is 6.08 Å². The summed E-state index contributed by atoms with van der Waals surface area (Å²) in [6.45, 7) is 3.92. The van der Waals surface area contributed by atoms with Gasteiger partial charge >= 0.3 is 0 Å². The van der Waals surface area contributed by atoms with E-state index in [4.69, 9.17) is 9.47 Å². The van der Waals surface area contributed by atoms with E-state index in [0.29, 0.717) is 0 Å². The van der Waals surface area contributed by atoms with Gasteiger partial charge in [0.25, 0.3) is 0 Å². The van der Waals surface area contributed by atoms with E-state index in [1.807, 2.05) is 6.08 Å². The van der Waals surface area contributed by atoms with E-state index in [1.54, 1.807) is 27.2 Å². The average molecular weight is 278 g/mol. The number of ether oxygens (including phenoxy) is 2. The Morgan fingerprint density at radius 3 is 2.20 bits per heavy atom. The first kappa shape index (κ1) is 16.6. The third kappa shape index (κ3) is 4.89. The van der Waals surface area contributed by atoms with E-state index < -0.39 is 6.10 Å². The molecule has 0 saturated carbocycles. The largest absolute Gasteiger partial charge is 0.496 e. The Kier molecular flexibility index (Phi) is 7.16. The maximum Gasteiger partial charge on any atom is 0.130 e. The van der Waals surface area contributed by atoms with Gasteiger partial charge in [0.2, 0.25) is 0 Å². The van der Waals surface area contributed by atoms with Gasteiger partial charge < -0.3 is 14.6 Å². The van der Waals surface area contributed by atoms with Crippen molar-refractivity contribution in [3.63, 3.8) is 0 Å². The van der Waals surface area contributed by atoms with Crippen molar-refractivity contribution in [3.8, 4) is 11.5 Å². The minimum Gasteiger partial charge on any atom is -0.496 e. The van der Waals surface area contributed by atoms with Crippen LogP contribution in [0, 0.1) is 0 Å². The zero-order chi connectivity index (χ0) is 15.0. The van der Waals surface area contributed by atoms with Gasteiger partial charge in [-0.2, -0.15) is 0 Å². The third-order valence-electron chi connectivity index (χ3n) is 3.21. The molecule has 1 unspecified atom stereocenters. The van der Waals surface area contributed by atoms with Crippen LogP contribution in [-0.4, -0.2) is 25.4 Å². The number of hydrogen-bond donors (Lipinski definition) is 1. The molecule has 0 amide bonds. The van der Waals surface area contributed by atoms with Crippen LogP contribution in [-0.2, 0) is 6.42 Å². The standard InChI is InChI=1S/C17H26O3/c1-5-6-7-8-14-11-16(19-3)15(10-9-13(2)18)17(12-14)20-4/h9-13,18H,5-8H2,1-4H3/b10-9+. The molecule has 112 valence electrons. The maximum atomic E-state index is 9.37. The second-order valence-electron chi connectivity index (χ2n) is 4.97. The monoisotopic (exact) mass is 278 g/mol. The molecule has 1 N–H and O–H groups in total. The molecule has 0 spiro atoms. The fraction of sp³-hybridized carbons (Fsp3) is 0.529. The first-order valence-corrected chi connectivity index (χ1v) is 7.23. The lowest BCUT2D eigenvalue weighted by molar-refractivity contribution is 0.245. The van der Waals surface area contributed by atoms with Crippen molar-refractivity contribution in [1.82, 2.24) is 0 Å². The van der Waals surface area contributed by atoms with E-state index in [9.17, 15) is 5.11 Å². The molecule has 0 aliphatic heterocycles. The lowest BCUT2D eigenvalue weighted by Crippen LogP contribution is -1.97. The van der Waals surface area contributed by atoms with E-state index in [2.05, 4.69) is 19.1 Å². The molecule has 0 aliphatic carbocycles. The van der Waals surface area contributed by atoms with Crippen molar-refractivity contribution in [2.45, 2.75) is 45.6 Å². The zero-order valence-corrected chi connectivity index (χ0v) is 13.0. The molecule has 0 fully saturated rings. The highest BCUT2D eigenvalue weighted by atomic mass is 16.5. The van der Waals surface area contributed by atoms with Gasteiger partial charge in [0.05, 0.1) is 25.9 Å². The van der Waals surface area contributed by atoms with Gasteiger partial charge in [0, 0.05) is 0 Å². The van der Waals surface area contributed by atoms with Gasteiger partial charge in [0.15, 0.2) is 0 Å². The highest BCUT2D eigenvalue weighted by Crippen LogP contribution is 2.32. The summed E-state index contributed by atoms with van der Waals surface area (Å²) in [5, 5.41) is 9.37. The molecule has 0 heterocycles. The van der Waals surface area contributed by atoms with Crippen LogP contribution in [0.1, 0.15) is 44.2 Å². The van der Waals surface area contributed by atoms with Gasteiger partial charge in [-0.25, -0.2) is 0 Å². The smallest absolute Gasteiger partial charge is 0.130 e. The molecule has 3 nitrogen and oxygen atoms in total. The van der Waals surface area contributed by atoms with Crippen molar-refractivity contribution >= 4 is 6.08 Å². The highest BCUT2D eigenvalue weighted by molar-refractivity contribution is 5.65. The van der Waals surface area contributed by atoms with Gasteiger partial charge in [-0.3, -0.25) is 0 Å². The van der Waals surface area contributed by atoms with E-state index in [-0.39, 0.29) is 0 Å². The van der Waals surface area contributed by atoms with Crippen LogP contribution in [0.3, 0.4) is 0 Å². The van der Waals surface area contributed by atoms with Crippen molar-refractivity contribution in [2.75, 3.05) is 14.2 Å². The van der Waals surface area contributed by atoms with Crippen molar-refractivity contribution in [3.05, 3.63) is 29.3 Å². The first-order chi connectivity index (χ1) is 9.62. The quantitative estimate of drug-likeness (QED) is 0.734. The topological polar surface area (TPSA) is 38.7 Å². The number of hydrogen-bond acceptors (Lipinski definition) is 3. The van der Waals surface area contributed by atoms with Crippen molar-refractivity contribution in [2.24, 2.45) is 0 Å². The predicted molar refractivity (Wildman–Crippen MR) is 83.5 cm³/mol. The molecule has 0 radical (unpaired) electrons. The molecule has 1 rings (SSSR count). The fourth-order valence-electron chi connectivity index (χ4n) is 2.12. The summed E-state index contributed by atoms with van der Waals surface area (Å²) in [6.07, 6.45) is 7.72. The van der Waals surface area contributed by atoms with Crippen LogP contribution in [0.5, 0.6) is 11.5 Å². The van der Waals surface area contributed by atoms with Crippen LogP contribution in [0.15, 0.2) is 18.2 Å². The number of rotatable bonds is 8. The molecule has 1 aromatic carbocycles. The Morgan fingerprint density at radius 2 is 1.75 bits per heavy atom. The first-order valence-electron chi connectivity index (χ1n) is 7.23. The Bertz CT molecular complexity index is 411. The van der Waals surface area contributed by atoms with Crippen LogP contribution in [0.4, 0.5) is 0 Å². The summed E-state index contributed by atoms with van der Waals surface area (Å²) in [7, 11) is 3.31. The molecule has 1 atom stereocenters. The molecule has 20 heavy (non-hydrogen) atoms. The minimum atomic E-state index is -0.492. The summed E-state index contributed by atoms with van der Waals surface area (Å²) < 4.78 is 10.9. The summed E-state index contributed by atoms with van der Waals surface area (Å²) in [4.78, 5) is 0. The van der Waals surface area contributed by atoms with Crippen molar-refractivity contribution in [1.29, 1.82) is 0 Å². The molecule has 3 heteroatoms. The van der Waals surface area contributed by atoms with Crippen molar-refractivity contribution < 1.29 is 14.6 Å². The fourth-order valence-corrected chi connectivity index (χ4v) is 2.12. The number of aliphatic hydroxyl groups excluding tert-OH is 1. The summed E-state index contributed by atoms with van der Waals surface area (Å²) in [5.41, 5.74) is 2.09. The summed E-state index contributed by atoms with van der Waals surface area (Å²) >= 11 is 0. The lowest BCUT2D eigenvalue weighted by atomic mass is 10.0. The number of aryl methyl sites for hydroxylation is 1. The van der Waals surface area contributed by atoms with Gasteiger partial charge in [-0.15, -0.1) is 0 Å². The Labute approximate surface area is 122 Å². The average Bonchev–Trinajstić information content (AvgIpc) is 2.44. The third-order valence-corrected chi connectivity index (χ3v) is 3.21. The van der Waals surface area contributed by atoms with E-state index >= 15 is 0 Å². The number of methoxy groups -OCH3 is 2. The lowest BCUT2D eigenvalue weighted by Gasteiger charge is -2.13. The minimum absolute atomic E-state index is 0.492.